The second-order valence-corrected chi connectivity index (χ2v) is 7.91. The molecule has 0 spiro atoms. The second-order valence-electron chi connectivity index (χ2n) is 7.91. The SMILES string of the molecule is B/C(C)=C(F)/C=C(\C)NC(=C)C1=C(N)C2(C)CCCN2N(CCC(=C)F)C1=C. The molecule has 0 radical (unpaired) electrons. The Hall–Kier alpha value is -2.28. The first-order valence-corrected chi connectivity index (χ1v) is 9.54. The van der Waals surface area contributed by atoms with Crippen LogP contribution in [-0.2, 0) is 0 Å². The van der Waals surface area contributed by atoms with Crippen LogP contribution in [0, 0.1) is 0 Å². The number of nitrogens with one attached hydrogen (secondary N) is 1. The monoisotopic (exact) mass is 388 g/mol. The molecule has 2 rings (SSSR count). The highest BCUT2D eigenvalue weighted by Gasteiger charge is 2.48. The van der Waals surface area contributed by atoms with Crippen molar-refractivity contribution in [1.82, 2.24) is 15.3 Å². The molecule has 152 valence electrons. The Morgan fingerprint density at radius 2 is 2.00 bits per heavy atom. The number of allylic oxidation sites excluding steroid dienone is 4. The summed E-state index contributed by atoms with van der Waals surface area (Å²) in [6.07, 6.45) is 3.51. The van der Waals surface area contributed by atoms with Crippen LogP contribution in [0.1, 0.15) is 40.0 Å². The first-order valence-electron chi connectivity index (χ1n) is 9.54. The molecule has 1 unspecified atom stereocenters. The van der Waals surface area contributed by atoms with E-state index in [1.165, 1.54) is 6.08 Å². The maximum absolute atomic E-state index is 13.9. The van der Waals surface area contributed by atoms with Crippen LogP contribution < -0.4 is 11.1 Å². The van der Waals surface area contributed by atoms with Crippen molar-refractivity contribution in [3.63, 3.8) is 0 Å². The third-order valence-electron chi connectivity index (χ3n) is 5.41. The maximum atomic E-state index is 13.9. The average molecular weight is 388 g/mol. The summed E-state index contributed by atoms with van der Waals surface area (Å²) >= 11 is 0. The molecule has 2 aliphatic rings. The molecule has 0 aromatic carbocycles. The van der Waals surface area contributed by atoms with E-state index < -0.39 is 0 Å². The van der Waals surface area contributed by atoms with Gasteiger partial charge >= 0.3 is 0 Å². The standard InChI is InChI=1S/C21H31BF2N4/c1-13(23)8-11-27-17(5)19(20(25)21(6)9-7-10-28(21)27)16(4)26-14(2)12-18(24)15(3)22/h12,26H,1,4-5,7-11,22,25H2,2-3,6H3/b14-12+,18-15-. The van der Waals surface area contributed by atoms with Crippen molar-refractivity contribution < 1.29 is 8.78 Å². The zero-order valence-corrected chi connectivity index (χ0v) is 17.5. The van der Waals surface area contributed by atoms with E-state index in [0.717, 1.165) is 19.4 Å². The molecule has 2 heterocycles. The van der Waals surface area contributed by atoms with Crippen molar-refractivity contribution in [2.75, 3.05) is 13.1 Å². The number of hydrazine groups is 1. The molecular weight excluding hydrogens is 357 g/mol. The molecule has 0 amide bonds. The summed E-state index contributed by atoms with van der Waals surface area (Å²) < 4.78 is 27.2. The van der Waals surface area contributed by atoms with Gasteiger partial charge in [0.15, 0.2) is 0 Å². The third kappa shape index (κ3) is 4.24. The lowest BCUT2D eigenvalue weighted by molar-refractivity contribution is -0.0423. The van der Waals surface area contributed by atoms with E-state index in [1.807, 2.05) is 5.01 Å². The van der Waals surface area contributed by atoms with E-state index in [-0.39, 0.29) is 23.6 Å². The summed E-state index contributed by atoms with van der Waals surface area (Å²) in [5.74, 6) is -0.662. The Morgan fingerprint density at radius 1 is 1.36 bits per heavy atom. The number of hydrogen-bond acceptors (Lipinski definition) is 4. The molecule has 0 saturated carbocycles. The number of fused-ring (bicyclic) bond motifs is 1. The van der Waals surface area contributed by atoms with Crippen LogP contribution in [0.3, 0.4) is 0 Å². The number of nitrogens with two attached hydrogens (primary N) is 1. The quantitative estimate of drug-likeness (QED) is 0.518. The molecule has 0 aliphatic carbocycles. The van der Waals surface area contributed by atoms with Gasteiger partial charge in [-0.25, -0.2) is 13.8 Å². The predicted octanol–water partition coefficient (Wildman–Crippen LogP) is 3.51. The summed E-state index contributed by atoms with van der Waals surface area (Å²) in [5.41, 5.74) is 10.0. The first-order chi connectivity index (χ1) is 13.0. The Kier molecular flexibility index (Phi) is 6.60. The van der Waals surface area contributed by atoms with Gasteiger partial charge in [0, 0.05) is 42.2 Å². The van der Waals surface area contributed by atoms with E-state index in [9.17, 15) is 8.78 Å². The van der Waals surface area contributed by atoms with Crippen LogP contribution in [0.25, 0.3) is 0 Å². The van der Waals surface area contributed by atoms with Gasteiger partial charge in [0.1, 0.15) is 13.7 Å². The Balaban J connectivity index is 2.37. The maximum Gasteiger partial charge on any atom is 0.137 e. The summed E-state index contributed by atoms with van der Waals surface area (Å²) in [4.78, 5) is 0. The molecular formula is C21H31BF2N4. The van der Waals surface area contributed by atoms with Crippen molar-refractivity contribution >= 4 is 7.85 Å². The van der Waals surface area contributed by atoms with Gasteiger partial charge in [0.25, 0.3) is 0 Å². The van der Waals surface area contributed by atoms with E-state index in [4.69, 9.17) is 5.73 Å². The lowest BCUT2D eigenvalue weighted by atomic mass is 9.87. The molecule has 1 saturated heterocycles. The fourth-order valence-electron chi connectivity index (χ4n) is 3.80. The van der Waals surface area contributed by atoms with Crippen molar-refractivity contribution in [3.05, 3.63) is 71.3 Å². The summed E-state index contributed by atoms with van der Waals surface area (Å²) in [6.45, 7) is 18.5. The predicted molar refractivity (Wildman–Crippen MR) is 115 cm³/mol. The average Bonchev–Trinajstić information content (AvgIpc) is 2.97. The second kappa shape index (κ2) is 8.39. The smallest absolute Gasteiger partial charge is 0.137 e. The van der Waals surface area contributed by atoms with E-state index in [0.29, 0.717) is 40.4 Å². The van der Waals surface area contributed by atoms with Crippen LogP contribution in [-0.4, -0.2) is 36.5 Å². The van der Waals surface area contributed by atoms with Gasteiger partial charge < -0.3 is 16.1 Å². The molecule has 0 aromatic rings. The van der Waals surface area contributed by atoms with Gasteiger partial charge in [-0.05, 0) is 39.7 Å². The van der Waals surface area contributed by atoms with Crippen molar-refractivity contribution in [1.29, 1.82) is 0 Å². The topological polar surface area (TPSA) is 44.5 Å². The molecule has 1 atom stereocenters. The highest BCUT2D eigenvalue weighted by atomic mass is 19.1. The summed E-state index contributed by atoms with van der Waals surface area (Å²) in [6, 6.07) is 0. The van der Waals surface area contributed by atoms with E-state index in [2.05, 4.69) is 37.0 Å². The largest absolute Gasteiger partial charge is 0.400 e. The van der Waals surface area contributed by atoms with Crippen molar-refractivity contribution in [2.24, 2.45) is 5.73 Å². The minimum atomic E-state index is -0.387. The van der Waals surface area contributed by atoms with Gasteiger partial charge in [-0.1, -0.05) is 25.2 Å². The van der Waals surface area contributed by atoms with E-state index >= 15 is 0 Å². The number of rotatable bonds is 7. The van der Waals surface area contributed by atoms with Crippen LogP contribution in [0.2, 0.25) is 0 Å². The molecule has 7 heteroatoms. The minimum Gasteiger partial charge on any atom is -0.400 e. The van der Waals surface area contributed by atoms with Gasteiger partial charge in [0.05, 0.1) is 17.1 Å². The molecule has 2 aliphatic heterocycles. The van der Waals surface area contributed by atoms with Crippen LogP contribution in [0.15, 0.2) is 71.3 Å². The van der Waals surface area contributed by atoms with Crippen molar-refractivity contribution in [2.45, 2.75) is 45.6 Å². The van der Waals surface area contributed by atoms with Gasteiger partial charge in [-0.2, -0.15) is 0 Å². The molecule has 4 nitrogen and oxygen atoms in total. The lowest BCUT2D eigenvalue weighted by Gasteiger charge is -2.50. The van der Waals surface area contributed by atoms with Gasteiger partial charge in [-0.3, -0.25) is 0 Å². The molecule has 1 fully saturated rings. The molecule has 0 aromatic heterocycles. The fraction of sp³-hybridized carbons (Fsp3) is 0.429. The zero-order valence-electron chi connectivity index (χ0n) is 17.5. The summed E-state index contributed by atoms with van der Waals surface area (Å²) in [7, 11) is 1.71. The minimum absolute atomic E-state index is 0.212. The third-order valence-corrected chi connectivity index (χ3v) is 5.41. The number of hydrogen-bond donors (Lipinski definition) is 2. The molecule has 0 bridgehead atoms. The Bertz CT molecular complexity index is 792. The van der Waals surface area contributed by atoms with Gasteiger partial charge in [-0.15, -0.1) is 0 Å². The molecule has 3 N–H and O–H groups in total. The molecule has 28 heavy (non-hydrogen) atoms. The number of halogens is 2. The van der Waals surface area contributed by atoms with Gasteiger partial charge in [0.2, 0.25) is 0 Å². The van der Waals surface area contributed by atoms with Crippen LogP contribution >= 0.6 is 0 Å². The normalized spacial score (nSPS) is 24.2. The highest BCUT2D eigenvalue weighted by molar-refractivity contribution is 6.21. The van der Waals surface area contributed by atoms with E-state index in [1.54, 1.807) is 21.7 Å². The lowest BCUT2D eigenvalue weighted by Crippen LogP contribution is -2.58. The highest BCUT2D eigenvalue weighted by Crippen LogP contribution is 2.44. The van der Waals surface area contributed by atoms with Crippen LogP contribution in [0.4, 0.5) is 8.78 Å². The zero-order chi connectivity index (χ0) is 21.2. The fourth-order valence-corrected chi connectivity index (χ4v) is 3.80. The number of nitrogens with zero attached hydrogens (tertiary/aromatic N) is 2. The van der Waals surface area contributed by atoms with Crippen LogP contribution in [0.5, 0.6) is 0 Å². The Labute approximate surface area is 168 Å². The first kappa shape index (κ1) is 22.0. The summed E-state index contributed by atoms with van der Waals surface area (Å²) in [5, 5.41) is 7.28. The Morgan fingerprint density at radius 3 is 2.57 bits per heavy atom. The van der Waals surface area contributed by atoms with Crippen molar-refractivity contribution in [3.8, 4) is 0 Å².